The minimum absolute atomic E-state index is 0.378. The highest BCUT2D eigenvalue weighted by Crippen LogP contribution is 2.63. The van der Waals surface area contributed by atoms with Crippen LogP contribution in [0, 0.1) is 0 Å². The van der Waals surface area contributed by atoms with Gasteiger partial charge in [0.05, 0.1) is 5.41 Å². The lowest BCUT2D eigenvalue weighted by Gasteiger charge is -2.30. The molecule has 0 unspecified atom stereocenters. The molecule has 0 radical (unpaired) electrons. The van der Waals surface area contributed by atoms with Crippen molar-refractivity contribution in [1.82, 2.24) is 0 Å². The molecule has 2 aliphatic rings. The van der Waals surface area contributed by atoms with Crippen molar-refractivity contribution in [2.45, 2.75) is 5.41 Å². The first-order chi connectivity index (χ1) is 38.2. The lowest BCUT2D eigenvalue weighted by Crippen LogP contribution is -2.25. The van der Waals surface area contributed by atoms with Crippen LogP contribution >= 0.6 is 0 Å². The van der Waals surface area contributed by atoms with Gasteiger partial charge in [-0.15, -0.1) is 0 Å². The molecule has 360 valence electrons. The van der Waals surface area contributed by atoms with E-state index >= 15 is 0 Å². The molecule has 0 fully saturated rings. The molecule has 0 heterocycles. The third-order valence-electron chi connectivity index (χ3n) is 16.3. The Morgan fingerprint density at radius 2 is 0.468 bits per heavy atom. The van der Waals surface area contributed by atoms with Gasteiger partial charge in [-0.1, -0.05) is 224 Å². The summed E-state index contributed by atoms with van der Waals surface area (Å²) in [6, 6.07) is 111. The summed E-state index contributed by atoms with van der Waals surface area (Å²) in [5.74, 6) is 0. The van der Waals surface area contributed by atoms with E-state index < -0.39 is 0 Å². The largest absolute Gasteiger partial charge is 0.311 e. The van der Waals surface area contributed by atoms with Crippen LogP contribution in [0.5, 0.6) is 0 Å². The number of fused-ring (bicyclic) bond motifs is 12. The number of anilines is 6. The predicted octanol–water partition coefficient (Wildman–Crippen LogP) is 20.3. The van der Waals surface area contributed by atoms with Gasteiger partial charge in [0.1, 0.15) is 0 Å². The molecule has 0 saturated carbocycles. The number of hydrogen-bond donors (Lipinski definition) is 0. The Kier molecular flexibility index (Phi) is 10.5. The zero-order valence-corrected chi connectivity index (χ0v) is 42.3. The molecule has 77 heavy (non-hydrogen) atoms. The summed E-state index contributed by atoms with van der Waals surface area (Å²) in [5.41, 5.74) is 24.2. The van der Waals surface area contributed by atoms with Crippen LogP contribution in [0.1, 0.15) is 22.3 Å². The Labute approximate surface area is 449 Å². The zero-order valence-electron chi connectivity index (χ0n) is 42.3. The first kappa shape index (κ1) is 44.5. The van der Waals surface area contributed by atoms with Crippen LogP contribution in [-0.4, -0.2) is 0 Å². The van der Waals surface area contributed by atoms with Crippen molar-refractivity contribution in [3.8, 4) is 55.6 Å². The Hall–Kier alpha value is -10.0. The highest BCUT2D eigenvalue weighted by molar-refractivity contribution is 6.21. The van der Waals surface area contributed by atoms with Crippen LogP contribution in [0.15, 0.2) is 303 Å². The van der Waals surface area contributed by atoms with Crippen LogP contribution in [0.3, 0.4) is 0 Å². The van der Waals surface area contributed by atoms with Crippen molar-refractivity contribution in [3.63, 3.8) is 0 Å². The van der Waals surface area contributed by atoms with E-state index in [1.165, 1.54) is 99.4 Å². The normalized spacial score (nSPS) is 12.5. The minimum Gasteiger partial charge on any atom is -0.311 e. The second-order valence-corrected chi connectivity index (χ2v) is 20.3. The molecule has 2 nitrogen and oxygen atoms in total. The highest BCUT2D eigenvalue weighted by Gasteiger charge is 2.51. The van der Waals surface area contributed by atoms with Gasteiger partial charge in [0.15, 0.2) is 0 Å². The number of nitrogens with zero attached hydrogens (tertiary/aromatic N) is 2. The summed E-state index contributed by atoms with van der Waals surface area (Å²) in [6.45, 7) is 0. The number of benzene rings is 13. The lowest BCUT2D eigenvalue weighted by molar-refractivity contribution is 0.794. The smallest absolute Gasteiger partial charge is 0.0725 e. The molecule has 13 aromatic carbocycles. The van der Waals surface area contributed by atoms with Crippen molar-refractivity contribution in [2.75, 3.05) is 9.80 Å². The second-order valence-electron chi connectivity index (χ2n) is 20.3. The average Bonchev–Trinajstić information content (AvgIpc) is 4.20. The van der Waals surface area contributed by atoms with Gasteiger partial charge in [-0.3, -0.25) is 0 Å². The predicted molar refractivity (Wildman–Crippen MR) is 323 cm³/mol. The molecule has 0 aliphatic heterocycles. The molecular formula is C75H50N2. The van der Waals surface area contributed by atoms with E-state index in [9.17, 15) is 0 Å². The highest BCUT2D eigenvalue weighted by atomic mass is 15.2. The quantitative estimate of drug-likeness (QED) is 0.133. The summed E-state index contributed by atoms with van der Waals surface area (Å²) in [6.07, 6.45) is 0. The summed E-state index contributed by atoms with van der Waals surface area (Å²) >= 11 is 0. The lowest BCUT2D eigenvalue weighted by atomic mass is 9.70. The van der Waals surface area contributed by atoms with E-state index in [2.05, 4.69) is 313 Å². The van der Waals surface area contributed by atoms with E-state index in [1.54, 1.807) is 0 Å². The number of rotatable bonds is 9. The van der Waals surface area contributed by atoms with Gasteiger partial charge in [0.2, 0.25) is 0 Å². The van der Waals surface area contributed by atoms with Gasteiger partial charge in [-0.25, -0.2) is 0 Å². The van der Waals surface area contributed by atoms with E-state index in [4.69, 9.17) is 0 Å². The van der Waals surface area contributed by atoms with Crippen molar-refractivity contribution in [1.29, 1.82) is 0 Å². The van der Waals surface area contributed by atoms with Crippen molar-refractivity contribution < 1.29 is 0 Å². The molecule has 0 atom stereocenters. The molecule has 0 N–H and O–H groups in total. The Morgan fingerprint density at radius 3 is 0.857 bits per heavy atom. The molecule has 0 aromatic heterocycles. The maximum Gasteiger partial charge on any atom is 0.0725 e. The summed E-state index contributed by atoms with van der Waals surface area (Å²) in [7, 11) is 0. The average molecular weight is 979 g/mol. The van der Waals surface area contributed by atoms with Crippen molar-refractivity contribution in [2.24, 2.45) is 0 Å². The minimum atomic E-state index is -0.378. The van der Waals surface area contributed by atoms with E-state index in [1.807, 2.05) is 0 Å². The van der Waals surface area contributed by atoms with E-state index in [0.29, 0.717) is 0 Å². The van der Waals surface area contributed by atoms with Crippen LogP contribution in [0.25, 0.3) is 77.2 Å². The van der Waals surface area contributed by atoms with E-state index in [-0.39, 0.29) is 5.41 Å². The van der Waals surface area contributed by atoms with Crippen LogP contribution in [-0.2, 0) is 5.41 Å². The summed E-state index contributed by atoms with van der Waals surface area (Å²) < 4.78 is 0. The van der Waals surface area contributed by atoms with Gasteiger partial charge in [-0.2, -0.15) is 0 Å². The molecule has 0 bridgehead atoms. The maximum absolute atomic E-state index is 2.48. The fraction of sp³-hybridized carbons (Fsp3) is 0.0133. The monoisotopic (exact) mass is 978 g/mol. The fourth-order valence-electron chi connectivity index (χ4n) is 13.0. The maximum atomic E-state index is 2.48. The van der Waals surface area contributed by atoms with Crippen LogP contribution in [0.4, 0.5) is 34.1 Å². The van der Waals surface area contributed by atoms with Gasteiger partial charge in [0.25, 0.3) is 0 Å². The number of para-hydroxylation sites is 3. The van der Waals surface area contributed by atoms with Gasteiger partial charge >= 0.3 is 0 Å². The molecule has 13 aromatic rings. The van der Waals surface area contributed by atoms with Gasteiger partial charge in [0, 0.05) is 34.1 Å². The molecular weight excluding hydrogens is 929 g/mol. The number of hydrogen-bond acceptors (Lipinski definition) is 2. The molecule has 15 rings (SSSR count). The van der Waals surface area contributed by atoms with E-state index in [0.717, 1.165) is 34.1 Å². The van der Waals surface area contributed by atoms with Crippen molar-refractivity contribution in [3.05, 3.63) is 326 Å². The molecule has 2 heteroatoms. The third-order valence-corrected chi connectivity index (χ3v) is 16.3. The zero-order chi connectivity index (χ0) is 50.9. The molecule has 2 aliphatic carbocycles. The summed E-state index contributed by atoms with van der Waals surface area (Å²) in [5, 5.41) is 4.94. The Balaban J connectivity index is 0.797. The first-order valence-corrected chi connectivity index (χ1v) is 26.7. The fourth-order valence-corrected chi connectivity index (χ4v) is 13.0. The first-order valence-electron chi connectivity index (χ1n) is 26.7. The Morgan fingerprint density at radius 1 is 0.195 bits per heavy atom. The SMILES string of the molecule is c1ccc(N(c2ccccc2)c2ccc(N(c3ccccc3)c3ccc(-c4c5ccccc5c(-c5ccc(-c6ccc7c(c6)C6(c8ccccc8-c8ccccc86)c6ccccc6-7)cc5)c5ccccc45)cc3)cc2)cc1. The van der Waals surface area contributed by atoms with Crippen LogP contribution < -0.4 is 9.80 Å². The van der Waals surface area contributed by atoms with Crippen LogP contribution in [0.2, 0.25) is 0 Å². The summed E-state index contributed by atoms with van der Waals surface area (Å²) in [4.78, 5) is 4.65. The van der Waals surface area contributed by atoms with Crippen molar-refractivity contribution >= 4 is 55.7 Å². The van der Waals surface area contributed by atoms with Gasteiger partial charge in [-0.05, 0) is 178 Å². The molecule has 0 amide bonds. The molecule has 1 spiro atoms. The third kappa shape index (κ3) is 7.03. The Bertz CT molecular complexity index is 4190. The standard InChI is InChI=1S/C75H50N2/c1-4-20-55(21-5-1)76(56-22-6-2-7-23-56)59-45-47-60(48-46-59)77(57-24-8-3-9-25-57)58-43-40-53(41-44-58)74-67-31-12-10-29-65(67)73(66-30-11-13-32-68(66)74)52-38-36-51(37-39-52)54-42-49-64-63-28-16-19-35-71(63)75(72(64)50-54)69-33-17-14-26-61(69)62-27-15-18-34-70(62)75/h1-50H. The van der Waals surface area contributed by atoms with Gasteiger partial charge < -0.3 is 9.80 Å². The molecule has 0 saturated heterocycles. The second kappa shape index (κ2) is 18.1. The topological polar surface area (TPSA) is 6.48 Å².